The topological polar surface area (TPSA) is 0 Å². The summed E-state index contributed by atoms with van der Waals surface area (Å²) >= 11 is 5.45. The molecule has 96 valence electrons. The van der Waals surface area contributed by atoms with Crippen LogP contribution in [0.5, 0.6) is 0 Å². The minimum Gasteiger partial charge on any atom is -0.206 e. The third-order valence-corrected chi connectivity index (χ3v) is 5.21. The molecule has 1 unspecified atom stereocenters. The Hall–Kier alpha value is -1.19. The van der Waals surface area contributed by atoms with Gasteiger partial charge in [0.25, 0.3) is 0 Å². The fourth-order valence-electron chi connectivity index (χ4n) is 2.30. The van der Waals surface area contributed by atoms with Crippen LogP contribution < -0.4 is 0 Å². The van der Waals surface area contributed by atoms with Gasteiger partial charge in [0, 0.05) is 5.39 Å². The number of hydrogen-bond donors (Lipinski definition) is 0. The number of hydrogen-bond acceptors (Lipinski definition) is 1. The average Bonchev–Trinajstić information content (AvgIpc) is 2.85. The SMILES string of the molecule is Cc1cscc1C(Br)c1ccc(F)c2ccccc12. The second-order valence-electron chi connectivity index (χ2n) is 4.55. The van der Waals surface area contributed by atoms with Gasteiger partial charge in [0.15, 0.2) is 0 Å². The predicted octanol–water partition coefficient (Wildman–Crippen LogP) is 5.83. The third-order valence-electron chi connectivity index (χ3n) is 3.35. The smallest absolute Gasteiger partial charge is 0.131 e. The zero-order valence-corrected chi connectivity index (χ0v) is 12.8. The maximum atomic E-state index is 13.8. The molecule has 0 saturated carbocycles. The van der Waals surface area contributed by atoms with Crippen molar-refractivity contribution in [2.75, 3.05) is 0 Å². The van der Waals surface area contributed by atoms with Crippen molar-refractivity contribution in [1.29, 1.82) is 0 Å². The molecule has 0 radical (unpaired) electrons. The van der Waals surface area contributed by atoms with Crippen LogP contribution in [0.25, 0.3) is 10.8 Å². The fourth-order valence-corrected chi connectivity index (χ4v) is 4.25. The molecule has 3 aromatic rings. The molecule has 0 aliphatic rings. The molecule has 0 N–H and O–H groups in total. The second kappa shape index (κ2) is 5.06. The van der Waals surface area contributed by atoms with Crippen molar-refractivity contribution >= 4 is 38.0 Å². The first kappa shape index (κ1) is 12.8. The molecule has 0 fully saturated rings. The minimum absolute atomic E-state index is 0.101. The lowest BCUT2D eigenvalue weighted by Crippen LogP contribution is -1.95. The van der Waals surface area contributed by atoms with E-state index in [4.69, 9.17) is 0 Å². The first-order valence-corrected chi connectivity index (χ1v) is 7.88. The Morgan fingerprint density at radius 3 is 2.42 bits per heavy atom. The van der Waals surface area contributed by atoms with E-state index in [0.717, 1.165) is 10.9 Å². The summed E-state index contributed by atoms with van der Waals surface area (Å²) in [5.41, 5.74) is 3.63. The summed E-state index contributed by atoms with van der Waals surface area (Å²) in [6.45, 7) is 2.10. The van der Waals surface area contributed by atoms with Gasteiger partial charge in [-0.15, -0.1) is 0 Å². The predicted molar refractivity (Wildman–Crippen MR) is 83.7 cm³/mol. The molecule has 0 spiro atoms. The monoisotopic (exact) mass is 334 g/mol. The standard InChI is InChI=1S/C16H12BrFS/c1-10-8-19-9-14(10)16(17)13-6-7-15(18)12-5-3-2-4-11(12)13/h2-9,16H,1H3. The highest BCUT2D eigenvalue weighted by Gasteiger charge is 2.17. The molecule has 3 rings (SSSR count). The van der Waals surface area contributed by atoms with Gasteiger partial charge in [-0.2, -0.15) is 11.3 Å². The molecule has 0 saturated heterocycles. The van der Waals surface area contributed by atoms with Crippen LogP contribution in [0.2, 0.25) is 0 Å². The second-order valence-corrected chi connectivity index (χ2v) is 6.21. The van der Waals surface area contributed by atoms with Crippen LogP contribution in [0.3, 0.4) is 0 Å². The Morgan fingerprint density at radius 1 is 1.00 bits per heavy atom. The summed E-state index contributed by atoms with van der Waals surface area (Å²) in [4.78, 5) is 0.101. The van der Waals surface area contributed by atoms with Gasteiger partial charge in [-0.25, -0.2) is 4.39 Å². The Bertz CT molecular complexity index is 732. The molecule has 0 aliphatic carbocycles. The maximum Gasteiger partial charge on any atom is 0.131 e. The molecular formula is C16H12BrFS. The van der Waals surface area contributed by atoms with Gasteiger partial charge in [-0.1, -0.05) is 46.3 Å². The number of aryl methyl sites for hydroxylation is 1. The highest BCUT2D eigenvalue weighted by atomic mass is 79.9. The molecule has 0 amide bonds. The normalized spacial score (nSPS) is 12.8. The van der Waals surface area contributed by atoms with E-state index in [-0.39, 0.29) is 10.6 Å². The molecule has 2 aromatic carbocycles. The number of fused-ring (bicyclic) bond motifs is 1. The summed E-state index contributed by atoms with van der Waals surface area (Å²) in [7, 11) is 0. The summed E-state index contributed by atoms with van der Waals surface area (Å²) in [6, 6.07) is 11.0. The van der Waals surface area contributed by atoms with Gasteiger partial charge in [-0.05, 0) is 45.8 Å². The van der Waals surface area contributed by atoms with Crippen LogP contribution in [-0.4, -0.2) is 0 Å². The van der Waals surface area contributed by atoms with Crippen molar-refractivity contribution in [3.05, 3.63) is 69.7 Å². The van der Waals surface area contributed by atoms with E-state index in [1.165, 1.54) is 11.1 Å². The summed E-state index contributed by atoms with van der Waals surface area (Å²) in [6.07, 6.45) is 0. The Labute approximate surface area is 124 Å². The molecule has 0 aliphatic heterocycles. The van der Waals surface area contributed by atoms with E-state index in [9.17, 15) is 4.39 Å². The van der Waals surface area contributed by atoms with Crippen molar-refractivity contribution in [1.82, 2.24) is 0 Å². The minimum atomic E-state index is -0.166. The molecule has 1 atom stereocenters. The highest BCUT2D eigenvalue weighted by Crippen LogP contribution is 2.38. The van der Waals surface area contributed by atoms with Gasteiger partial charge in [-0.3, -0.25) is 0 Å². The van der Waals surface area contributed by atoms with Crippen LogP contribution in [-0.2, 0) is 0 Å². The molecule has 0 bridgehead atoms. The van der Waals surface area contributed by atoms with Crippen molar-refractivity contribution in [2.24, 2.45) is 0 Å². The maximum absolute atomic E-state index is 13.8. The van der Waals surface area contributed by atoms with Gasteiger partial charge >= 0.3 is 0 Å². The summed E-state index contributed by atoms with van der Waals surface area (Å²) in [5.74, 6) is -0.166. The Morgan fingerprint density at radius 2 is 1.74 bits per heavy atom. The van der Waals surface area contributed by atoms with Crippen LogP contribution in [0.15, 0.2) is 47.2 Å². The zero-order chi connectivity index (χ0) is 13.4. The van der Waals surface area contributed by atoms with Crippen molar-refractivity contribution < 1.29 is 4.39 Å². The van der Waals surface area contributed by atoms with Crippen molar-refractivity contribution in [3.63, 3.8) is 0 Å². The van der Waals surface area contributed by atoms with Gasteiger partial charge in [0.05, 0.1) is 4.83 Å². The number of rotatable bonds is 2. The van der Waals surface area contributed by atoms with Crippen LogP contribution in [0.1, 0.15) is 21.5 Å². The number of alkyl halides is 1. The van der Waals surface area contributed by atoms with Crippen LogP contribution in [0, 0.1) is 12.7 Å². The Kier molecular flexibility index (Phi) is 3.42. The van der Waals surface area contributed by atoms with Crippen molar-refractivity contribution in [2.45, 2.75) is 11.8 Å². The number of halogens is 2. The summed E-state index contributed by atoms with van der Waals surface area (Å²) < 4.78 is 13.8. The van der Waals surface area contributed by atoms with E-state index in [1.54, 1.807) is 17.4 Å². The molecule has 1 heterocycles. The first-order valence-electron chi connectivity index (χ1n) is 6.02. The molecule has 1 aromatic heterocycles. The lowest BCUT2D eigenvalue weighted by molar-refractivity contribution is 0.639. The van der Waals surface area contributed by atoms with E-state index in [2.05, 4.69) is 33.6 Å². The van der Waals surface area contributed by atoms with E-state index in [0.29, 0.717) is 5.39 Å². The molecule has 0 nitrogen and oxygen atoms in total. The molecule has 3 heteroatoms. The van der Waals surface area contributed by atoms with Crippen molar-refractivity contribution in [3.8, 4) is 0 Å². The van der Waals surface area contributed by atoms with Gasteiger partial charge in [0.2, 0.25) is 0 Å². The lowest BCUT2D eigenvalue weighted by Gasteiger charge is -2.14. The highest BCUT2D eigenvalue weighted by molar-refractivity contribution is 9.09. The first-order chi connectivity index (χ1) is 9.18. The van der Waals surface area contributed by atoms with E-state index >= 15 is 0 Å². The average molecular weight is 335 g/mol. The van der Waals surface area contributed by atoms with E-state index < -0.39 is 0 Å². The summed E-state index contributed by atoms with van der Waals surface area (Å²) in [5, 5.41) is 5.93. The number of thiophene rings is 1. The zero-order valence-electron chi connectivity index (χ0n) is 10.4. The lowest BCUT2D eigenvalue weighted by atomic mass is 9.98. The van der Waals surface area contributed by atoms with Crippen LogP contribution >= 0.6 is 27.3 Å². The van der Waals surface area contributed by atoms with Gasteiger partial charge < -0.3 is 0 Å². The molecule has 19 heavy (non-hydrogen) atoms. The van der Waals surface area contributed by atoms with Crippen LogP contribution in [0.4, 0.5) is 4.39 Å². The number of benzene rings is 2. The largest absolute Gasteiger partial charge is 0.206 e. The molecular weight excluding hydrogens is 323 g/mol. The Balaban J connectivity index is 2.21. The third kappa shape index (κ3) is 2.21. The van der Waals surface area contributed by atoms with E-state index in [1.807, 2.05) is 30.3 Å². The van der Waals surface area contributed by atoms with Gasteiger partial charge in [0.1, 0.15) is 5.82 Å². The fraction of sp³-hybridized carbons (Fsp3) is 0.125. The quantitative estimate of drug-likeness (QED) is 0.517.